The summed E-state index contributed by atoms with van der Waals surface area (Å²) in [6.07, 6.45) is 7.41. The molecule has 2 aliphatic heterocycles. The van der Waals surface area contributed by atoms with Crippen LogP contribution < -0.4 is 5.32 Å². The lowest BCUT2D eigenvalue weighted by atomic mass is 9.90. The van der Waals surface area contributed by atoms with Gasteiger partial charge in [0, 0.05) is 12.6 Å². The zero-order chi connectivity index (χ0) is 16.0. The van der Waals surface area contributed by atoms with Gasteiger partial charge in [0.25, 0.3) is 5.70 Å². The Morgan fingerprint density at radius 1 is 1.39 bits per heavy atom. The molecular weight excluding hydrogens is 294 g/mol. The van der Waals surface area contributed by atoms with Crippen LogP contribution in [0.1, 0.15) is 43.0 Å². The quantitative estimate of drug-likeness (QED) is 0.666. The number of rotatable bonds is 2. The van der Waals surface area contributed by atoms with E-state index in [1.54, 1.807) is 6.08 Å². The molecule has 1 aliphatic carbocycles. The van der Waals surface area contributed by atoms with E-state index < -0.39 is 0 Å². The van der Waals surface area contributed by atoms with E-state index in [9.17, 15) is 10.1 Å². The van der Waals surface area contributed by atoms with Crippen LogP contribution in [0.3, 0.4) is 0 Å². The third-order valence-electron chi connectivity index (χ3n) is 5.10. The summed E-state index contributed by atoms with van der Waals surface area (Å²) in [5, 5.41) is 19.4. The molecule has 0 saturated carbocycles. The maximum absolute atomic E-state index is 11.4. The van der Waals surface area contributed by atoms with Gasteiger partial charge in [0.15, 0.2) is 0 Å². The fourth-order valence-corrected chi connectivity index (χ4v) is 4.04. The Bertz CT molecular complexity index is 712. The highest BCUT2D eigenvalue weighted by atomic mass is 16.6. The van der Waals surface area contributed by atoms with Gasteiger partial charge in [-0.05, 0) is 50.4 Å². The zero-order valence-electron chi connectivity index (χ0n) is 13.3. The average Bonchev–Trinajstić information content (AvgIpc) is 2.99. The molecule has 1 saturated heterocycles. The molecule has 7 nitrogen and oxygen atoms in total. The molecule has 1 aromatic rings. The van der Waals surface area contributed by atoms with Crippen molar-refractivity contribution in [1.29, 1.82) is 0 Å². The van der Waals surface area contributed by atoms with Gasteiger partial charge < -0.3 is 10.2 Å². The van der Waals surface area contributed by atoms with E-state index in [0.29, 0.717) is 12.6 Å². The molecule has 0 unspecified atom stereocenters. The Hall–Kier alpha value is -2.15. The molecular formula is C16H21N5O2. The first-order valence-electron chi connectivity index (χ1n) is 8.23. The molecule has 23 heavy (non-hydrogen) atoms. The SMILES string of the molecule is CN1Cc2c(cnn2C2CCNCC2)C2=C1C([N+](=O)[O-])=CCC2. The van der Waals surface area contributed by atoms with E-state index >= 15 is 0 Å². The lowest BCUT2D eigenvalue weighted by Gasteiger charge is -2.33. The van der Waals surface area contributed by atoms with Crippen LogP contribution in [0.2, 0.25) is 0 Å². The molecule has 0 aromatic carbocycles. The van der Waals surface area contributed by atoms with E-state index in [4.69, 9.17) is 0 Å². The van der Waals surface area contributed by atoms with Crippen molar-refractivity contribution in [2.24, 2.45) is 0 Å². The number of hydrogen-bond donors (Lipinski definition) is 1. The van der Waals surface area contributed by atoms with Gasteiger partial charge in [-0.1, -0.05) is 0 Å². The molecule has 0 atom stereocenters. The maximum Gasteiger partial charge on any atom is 0.288 e. The predicted molar refractivity (Wildman–Crippen MR) is 86.1 cm³/mol. The normalized spacial score (nSPS) is 21.8. The summed E-state index contributed by atoms with van der Waals surface area (Å²) < 4.78 is 2.17. The standard InChI is InChI=1S/C16H21N5O2/c1-19-10-15-13(9-18-20(15)11-5-7-17-8-6-11)12-3-2-4-14(16(12)19)21(22)23/h4,9,11,17H,2-3,5-8,10H2,1H3. The summed E-state index contributed by atoms with van der Waals surface area (Å²) in [4.78, 5) is 13.1. The molecule has 122 valence electrons. The fraction of sp³-hybridized carbons (Fsp3) is 0.562. The lowest BCUT2D eigenvalue weighted by Crippen LogP contribution is -2.33. The van der Waals surface area contributed by atoms with Crippen molar-refractivity contribution in [2.45, 2.75) is 38.3 Å². The zero-order valence-corrected chi connectivity index (χ0v) is 13.3. The molecule has 1 fully saturated rings. The second-order valence-corrected chi connectivity index (χ2v) is 6.50. The molecule has 0 amide bonds. The second kappa shape index (κ2) is 5.49. The molecule has 0 spiro atoms. The van der Waals surface area contributed by atoms with Gasteiger partial charge >= 0.3 is 0 Å². The molecule has 1 N–H and O–H groups in total. The van der Waals surface area contributed by atoms with Crippen molar-refractivity contribution in [3.05, 3.63) is 45.0 Å². The van der Waals surface area contributed by atoms with Crippen molar-refractivity contribution in [2.75, 3.05) is 20.1 Å². The predicted octanol–water partition coefficient (Wildman–Crippen LogP) is 1.92. The average molecular weight is 315 g/mol. The Morgan fingerprint density at radius 2 is 2.17 bits per heavy atom. The number of nitrogens with one attached hydrogen (secondary N) is 1. The van der Waals surface area contributed by atoms with Gasteiger partial charge in [0.05, 0.1) is 29.4 Å². The van der Waals surface area contributed by atoms with Crippen molar-refractivity contribution in [1.82, 2.24) is 20.0 Å². The van der Waals surface area contributed by atoms with Crippen molar-refractivity contribution in [3.8, 4) is 0 Å². The van der Waals surface area contributed by atoms with Crippen LogP contribution in [0.5, 0.6) is 0 Å². The van der Waals surface area contributed by atoms with Gasteiger partial charge in [0.1, 0.15) is 5.70 Å². The number of hydrogen-bond acceptors (Lipinski definition) is 5. The van der Waals surface area contributed by atoms with Gasteiger partial charge in [-0.15, -0.1) is 0 Å². The van der Waals surface area contributed by atoms with Crippen molar-refractivity contribution >= 4 is 5.57 Å². The minimum Gasteiger partial charge on any atom is -0.363 e. The number of piperidine rings is 1. The topological polar surface area (TPSA) is 76.2 Å². The van der Waals surface area contributed by atoms with Crippen molar-refractivity contribution < 1.29 is 4.92 Å². The largest absolute Gasteiger partial charge is 0.363 e. The first-order chi connectivity index (χ1) is 11.2. The highest BCUT2D eigenvalue weighted by Crippen LogP contribution is 2.41. The number of nitro groups is 1. The summed E-state index contributed by atoms with van der Waals surface area (Å²) in [6, 6.07) is 0.435. The molecule has 1 aromatic heterocycles. The van der Waals surface area contributed by atoms with Gasteiger partial charge in [-0.2, -0.15) is 5.10 Å². The number of fused-ring (bicyclic) bond motifs is 2. The molecule has 0 bridgehead atoms. The van der Waals surface area contributed by atoms with Crippen LogP contribution in [-0.2, 0) is 6.54 Å². The monoisotopic (exact) mass is 315 g/mol. The smallest absolute Gasteiger partial charge is 0.288 e. The van der Waals surface area contributed by atoms with Gasteiger partial charge in [0.2, 0.25) is 0 Å². The lowest BCUT2D eigenvalue weighted by molar-refractivity contribution is -0.423. The van der Waals surface area contributed by atoms with Crippen LogP contribution in [-0.4, -0.2) is 39.7 Å². The van der Waals surface area contributed by atoms with Crippen LogP contribution >= 0.6 is 0 Å². The molecule has 0 radical (unpaired) electrons. The van der Waals surface area contributed by atoms with E-state index in [1.165, 1.54) is 5.69 Å². The van der Waals surface area contributed by atoms with Gasteiger partial charge in [-0.3, -0.25) is 14.8 Å². The highest BCUT2D eigenvalue weighted by Gasteiger charge is 2.35. The number of allylic oxidation sites excluding steroid dienone is 2. The maximum atomic E-state index is 11.4. The Balaban J connectivity index is 1.78. The highest BCUT2D eigenvalue weighted by molar-refractivity contribution is 5.75. The Labute approximate surface area is 134 Å². The van der Waals surface area contributed by atoms with E-state index in [1.807, 2.05) is 18.1 Å². The van der Waals surface area contributed by atoms with Gasteiger partial charge in [-0.25, -0.2) is 0 Å². The summed E-state index contributed by atoms with van der Waals surface area (Å²) in [7, 11) is 1.95. The molecule has 3 heterocycles. The Morgan fingerprint density at radius 3 is 2.91 bits per heavy atom. The Kier molecular flexibility index (Phi) is 3.45. The number of nitrogens with zero attached hydrogens (tertiary/aromatic N) is 4. The molecule has 4 rings (SSSR count). The first-order valence-corrected chi connectivity index (χ1v) is 8.23. The van der Waals surface area contributed by atoms with Crippen LogP contribution in [0.25, 0.3) is 5.57 Å². The van der Waals surface area contributed by atoms with Crippen LogP contribution in [0, 0.1) is 10.1 Å². The number of aromatic nitrogens is 2. The summed E-state index contributed by atoms with van der Waals surface area (Å²) in [5.74, 6) is 0. The summed E-state index contributed by atoms with van der Waals surface area (Å²) >= 11 is 0. The van der Waals surface area contributed by atoms with Crippen LogP contribution in [0.15, 0.2) is 23.7 Å². The summed E-state index contributed by atoms with van der Waals surface area (Å²) in [5.41, 5.74) is 4.43. The fourth-order valence-electron chi connectivity index (χ4n) is 4.04. The van der Waals surface area contributed by atoms with E-state index in [0.717, 1.165) is 55.6 Å². The first kappa shape index (κ1) is 14.4. The third-order valence-corrected chi connectivity index (χ3v) is 5.10. The molecule has 3 aliphatic rings. The van der Waals surface area contributed by atoms with E-state index in [2.05, 4.69) is 15.1 Å². The third kappa shape index (κ3) is 2.26. The second-order valence-electron chi connectivity index (χ2n) is 6.50. The minimum atomic E-state index is -0.257. The summed E-state index contributed by atoms with van der Waals surface area (Å²) in [6.45, 7) is 2.73. The van der Waals surface area contributed by atoms with Crippen molar-refractivity contribution in [3.63, 3.8) is 0 Å². The molecule has 7 heteroatoms. The minimum absolute atomic E-state index is 0.244. The van der Waals surface area contributed by atoms with Crippen LogP contribution in [0.4, 0.5) is 0 Å². The number of likely N-dealkylation sites (N-methyl/N-ethyl adjacent to an activating group) is 1. The van der Waals surface area contributed by atoms with E-state index in [-0.39, 0.29) is 10.6 Å².